The fraction of sp³-hybridized carbons (Fsp3) is 0.684. The fourth-order valence-corrected chi connectivity index (χ4v) is 3.07. The van der Waals surface area contributed by atoms with Gasteiger partial charge in [0.05, 0.1) is 0 Å². The molecule has 0 aliphatic heterocycles. The Kier molecular flexibility index (Phi) is 7.08. The second kappa shape index (κ2) is 9.09. The van der Waals surface area contributed by atoms with Crippen molar-refractivity contribution in [2.45, 2.75) is 58.3 Å². The van der Waals surface area contributed by atoms with Crippen molar-refractivity contribution in [3.05, 3.63) is 29.8 Å². The Morgan fingerprint density at radius 3 is 2.52 bits per heavy atom. The van der Waals surface area contributed by atoms with Crippen LogP contribution in [0.4, 0.5) is 0 Å². The van der Waals surface area contributed by atoms with Crippen LogP contribution in [0.25, 0.3) is 0 Å². The first-order valence-electron chi connectivity index (χ1n) is 8.73. The van der Waals surface area contributed by atoms with Gasteiger partial charge in [-0.3, -0.25) is 0 Å². The van der Waals surface area contributed by atoms with Gasteiger partial charge in [0.1, 0.15) is 12.4 Å². The van der Waals surface area contributed by atoms with Crippen LogP contribution in [0.3, 0.4) is 0 Å². The molecule has 0 spiro atoms. The topological polar surface area (TPSA) is 21.3 Å². The van der Waals surface area contributed by atoms with Crippen molar-refractivity contribution in [3.8, 4) is 5.75 Å². The fourth-order valence-electron chi connectivity index (χ4n) is 3.07. The molecule has 1 fully saturated rings. The molecular formula is C19H31NO. The third-order valence-electron chi connectivity index (χ3n) is 4.77. The van der Waals surface area contributed by atoms with E-state index >= 15 is 0 Å². The molecule has 2 nitrogen and oxygen atoms in total. The van der Waals surface area contributed by atoms with Crippen molar-refractivity contribution in [2.75, 3.05) is 19.7 Å². The van der Waals surface area contributed by atoms with Crippen LogP contribution in [0.15, 0.2) is 24.3 Å². The molecule has 1 N–H and O–H groups in total. The number of hydrogen-bond donors (Lipinski definition) is 1. The maximum absolute atomic E-state index is 5.80. The molecule has 1 aromatic carbocycles. The normalized spacial score (nSPS) is 17.6. The van der Waals surface area contributed by atoms with Gasteiger partial charge in [0, 0.05) is 6.54 Å². The Labute approximate surface area is 130 Å². The molecule has 2 rings (SSSR count). The Balaban J connectivity index is 1.59. The van der Waals surface area contributed by atoms with Crippen LogP contribution in [0.1, 0.15) is 63.9 Å². The summed E-state index contributed by atoms with van der Waals surface area (Å²) in [6, 6.07) is 8.59. The standard InChI is InChI=1S/C19H31NO/c1-3-16(2)18-9-11-19(12-10-18)21-14-13-20-15-17-7-5-4-6-8-17/h9-12,16-17,20H,3-8,13-15H2,1-2H3. The maximum Gasteiger partial charge on any atom is 0.119 e. The highest BCUT2D eigenvalue weighted by molar-refractivity contribution is 5.29. The van der Waals surface area contributed by atoms with Crippen LogP contribution >= 0.6 is 0 Å². The van der Waals surface area contributed by atoms with Crippen LogP contribution < -0.4 is 10.1 Å². The number of rotatable bonds is 8. The van der Waals surface area contributed by atoms with E-state index in [0.717, 1.165) is 31.4 Å². The maximum atomic E-state index is 5.80. The average molecular weight is 289 g/mol. The number of hydrogen-bond acceptors (Lipinski definition) is 2. The summed E-state index contributed by atoms with van der Waals surface area (Å²) in [4.78, 5) is 0. The number of benzene rings is 1. The van der Waals surface area contributed by atoms with Gasteiger partial charge in [-0.15, -0.1) is 0 Å². The zero-order chi connectivity index (χ0) is 14.9. The van der Waals surface area contributed by atoms with Gasteiger partial charge < -0.3 is 10.1 Å². The Bertz CT molecular complexity index is 381. The van der Waals surface area contributed by atoms with Crippen molar-refractivity contribution in [2.24, 2.45) is 5.92 Å². The quantitative estimate of drug-likeness (QED) is 0.697. The highest BCUT2D eigenvalue weighted by atomic mass is 16.5. The molecule has 0 amide bonds. The van der Waals surface area contributed by atoms with Crippen molar-refractivity contribution in [3.63, 3.8) is 0 Å². The first-order chi connectivity index (χ1) is 10.3. The predicted molar refractivity (Wildman–Crippen MR) is 90.1 cm³/mol. The van der Waals surface area contributed by atoms with Gasteiger partial charge in [-0.2, -0.15) is 0 Å². The molecule has 0 heterocycles. The largest absolute Gasteiger partial charge is 0.492 e. The summed E-state index contributed by atoms with van der Waals surface area (Å²) in [6.07, 6.45) is 8.28. The summed E-state index contributed by atoms with van der Waals surface area (Å²) in [5, 5.41) is 3.54. The van der Waals surface area contributed by atoms with E-state index in [-0.39, 0.29) is 0 Å². The number of nitrogens with one attached hydrogen (secondary N) is 1. The highest BCUT2D eigenvalue weighted by Gasteiger charge is 2.12. The van der Waals surface area contributed by atoms with Gasteiger partial charge >= 0.3 is 0 Å². The van der Waals surface area contributed by atoms with Gasteiger partial charge in [-0.1, -0.05) is 45.2 Å². The van der Waals surface area contributed by atoms with Crippen molar-refractivity contribution in [1.29, 1.82) is 0 Å². The van der Waals surface area contributed by atoms with E-state index in [1.165, 1.54) is 44.1 Å². The minimum Gasteiger partial charge on any atom is -0.492 e. The van der Waals surface area contributed by atoms with E-state index in [0.29, 0.717) is 5.92 Å². The minimum atomic E-state index is 0.635. The molecule has 21 heavy (non-hydrogen) atoms. The summed E-state index contributed by atoms with van der Waals surface area (Å²) in [6.45, 7) is 7.37. The van der Waals surface area contributed by atoms with E-state index < -0.39 is 0 Å². The smallest absolute Gasteiger partial charge is 0.119 e. The SMILES string of the molecule is CCC(C)c1ccc(OCCNCC2CCCCC2)cc1. The van der Waals surface area contributed by atoms with Gasteiger partial charge in [0.15, 0.2) is 0 Å². The first-order valence-corrected chi connectivity index (χ1v) is 8.73. The van der Waals surface area contributed by atoms with Crippen molar-refractivity contribution in [1.82, 2.24) is 5.32 Å². The molecule has 0 aromatic heterocycles. The number of ether oxygens (including phenoxy) is 1. The monoisotopic (exact) mass is 289 g/mol. The second-order valence-corrected chi connectivity index (χ2v) is 6.43. The second-order valence-electron chi connectivity index (χ2n) is 6.43. The average Bonchev–Trinajstić information content (AvgIpc) is 2.55. The lowest BCUT2D eigenvalue weighted by molar-refractivity contribution is 0.294. The molecule has 1 unspecified atom stereocenters. The van der Waals surface area contributed by atoms with E-state index in [2.05, 4.69) is 43.4 Å². The van der Waals surface area contributed by atoms with E-state index in [4.69, 9.17) is 4.74 Å². The molecule has 0 radical (unpaired) electrons. The molecule has 118 valence electrons. The van der Waals surface area contributed by atoms with Gasteiger partial charge in [-0.25, -0.2) is 0 Å². The lowest BCUT2D eigenvalue weighted by atomic mass is 9.89. The molecule has 0 saturated heterocycles. The van der Waals surface area contributed by atoms with Crippen LogP contribution in [0.5, 0.6) is 5.75 Å². The van der Waals surface area contributed by atoms with Crippen LogP contribution in [0, 0.1) is 5.92 Å². The van der Waals surface area contributed by atoms with Crippen molar-refractivity contribution >= 4 is 0 Å². The zero-order valence-electron chi connectivity index (χ0n) is 13.7. The molecule has 1 aliphatic carbocycles. The van der Waals surface area contributed by atoms with Gasteiger partial charge in [0.2, 0.25) is 0 Å². The van der Waals surface area contributed by atoms with Crippen LogP contribution in [-0.4, -0.2) is 19.7 Å². The highest BCUT2D eigenvalue weighted by Crippen LogP contribution is 2.23. The van der Waals surface area contributed by atoms with E-state index in [1.54, 1.807) is 0 Å². The first kappa shape index (κ1) is 16.4. The lowest BCUT2D eigenvalue weighted by Crippen LogP contribution is -2.28. The summed E-state index contributed by atoms with van der Waals surface area (Å²) in [7, 11) is 0. The Morgan fingerprint density at radius 2 is 1.86 bits per heavy atom. The third-order valence-corrected chi connectivity index (χ3v) is 4.77. The summed E-state index contributed by atoms with van der Waals surface area (Å²) < 4.78 is 5.80. The lowest BCUT2D eigenvalue weighted by Gasteiger charge is -2.21. The van der Waals surface area contributed by atoms with Gasteiger partial charge in [-0.05, 0) is 55.3 Å². The molecule has 1 aliphatic rings. The molecule has 0 bridgehead atoms. The molecular weight excluding hydrogens is 258 g/mol. The van der Waals surface area contributed by atoms with Crippen LogP contribution in [0.2, 0.25) is 0 Å². The molecule has 1 saturated carbocycles. The molecule has 2 heteroatoms. The van der Waals surface area contributed by atoms with E-state index in [1.807, 2.05) is 0 Å². The minimum absolute atomic E-state index is 0.635. The van der Waals surface area contributed by atoms with Crippen LogP contribution in [-0.2, 0) is 0 Å². The summed E-state index contributed by atoms with van der Waals surface area (Å²) in [5.41, 5.74) is 1.40. The third kappa shape index (κ3) is 5.70. The predicted octanol–water partition coefficient (Wildman–Crippen LogP) is 4.75. The Morgan fingerprint density at radius 1 is 1.14 bits per heavy atom. The zero-order valence-corrected chi connectivity index (χ0v) is 13.7. The summed E-state index contributed by atoms with van der Waals surface area (Å²) in [5.74, 6) is 2.52. The Hall–Kier alpha value is -1.02. The molecule has 1 aromatic rings. The summed E-state index contributed by atoms with van der Waals surface area (Å²) >= 11 is 0. The van der Waals surface area contributed by atoms with Gasteiger partial charge in [0.25, 0.3) is 0 Å². The van der Waals surface area contributed by atoms with Crippen molar-refractivity contribution < 1.29 is 4.74 Å². The van der Waals surface area contributed by atoms with E-state index in [9.17, 15) is 0 Å². The molecule has 1 atom stereocenters.